The van der Waals surface area contributed by atoms with E-state index < -0.39 is 11.6 Å². The topological polar surface area (TPSA) is 34.0 Å². The Balaban J connectivity index is 2.25. The van der Waals surface area contributed by atoms with Crippen molar-refractivity contribution in [1.82, 2.24) is 15.0 Å². The third kappa shape index (κ3) is 2.41. The number of hydrogen-bond donors (Lipinski definition) is 0. The molecule has 90 valence electrons. The Morgan fingerprint density at radius 1 is 1.24 bits per heavy atom. The first-order valence-corrected chi connectivity index (χ1v) is 5.08. The van der Waals surface area contributed by atoms with Gasteiger partial charge in [0.05, 0.1) is 12.7 Å². The zero-order chi connectivity index (χ0) is 12.4. The second kappa shape index (κ2) is 4.48. The molecule has 0 N–H and O–H groups in total. The van der Waals surface area contributed by atoms with E-state index >= 15 is 0 Å². The fourth-order valence-electron chi connectivity index (χ4n) is 1.42. The Hall–Kier alpha value is -1.98. The number of halogens is 2. The Labute approximate surface area is 97.5 Å². The minimum absolute atomic E-state index is 0.0114. The van der Waals surface area contributed by atoms with Crippen molar-refractivity contribution in [3.05, 3.63) is 41.6 Å². The summed E-state index contributed by atoms with van der Waals surface area (Å²) >= 11 is 0. The summed E-state index contributed by atoms with van der Waals surface area (Å²) in [5.74, 6) is -0.513. The molecule has 0 radical (unpaired) electrons. The van der Waals surface area contributed by atoms with Crippen molar-refractivity contribution in [3.8, 4) is 0 Å². The third-order valence-electron chi connectivity index (χ3n) is 2.37. The van der Waals surface area contributed by atoms with E-state index in [1.807, 2.05) is 14.1 Å². The second-order valence-electron chi connectivity index (χ2n) is 3.87. The van der Waals surface area contributed by atoms with E-state index in [1.54, 1.807) is 11.1 Å². The molecular formula is C11H12F2N4. The van der Waals surface area contributed by atoms with Crippen molar-refractivity contribution >= 4 is 5.82 Å². The van der Waals surface area contributed by atoms with Gasteiger partial charge < -0.3 is 4.90 Å². The summed E-state index contributed by atoms with van der Waals surface area (Å²) in [6.45, 7) is 0.0271. The summed E-state index contributed by atoms with van der Waals surface area (Å²) in [4.78, 5) is 1.77. The average Bonchev–Trinajstić information content (AvgIpc) is 2.72. The molecule has 17 heavy (non-hydrogen) atoms. The van der Waals surface area contributed by atoms with E-state index in [9.17, 15) is 8.78 Å². The molecule has 0 aliphatic rings. The zero-order valence-electron chi connectivity index (χ0n) is 9.56. The van der Waals surface area contributed by atoms with Crippen LogP contribution in [0, 0.1) is 11.6 Å². The minimum atomic E-state index is -0.577. The third-order valence-corrected chi connectivity index (χ3v) is 2.37. The van der Waals surface area contributed by atoms with Gasteiger partial charge in [-0.2, -0.15) is 0 Å². The molecule has 1 heterocycles. The maximum atomic E-state index is 13.4. The lowest BCUT2D eigenvalue weighted by atomic mass is 10.2. The van der Waals surface area contributed by atoms with Crippen molar-refractivity contribution < 1.29 is 8.78 Å². The normalized spacial score (nSPS) is 10.6. The van der Waals surface area contributed by atoms with Crippen LogP contribution in [-0.2, 0) is 6.54 Å². The summed E-state index contributed by atoms with van der Waals surface area (Å²) in [5, 5.41) is 7.67. The molecule has 0 atom stereocenters. The molecule has 0 saturated carbocycles. The first-order valence-electron chi connectivity index (χ1n) is 5.08. The van der Waals surface area contributed by atoms with Gasteiger partial charge >= 0.3 is 0 Å². The maximum absolute atomic E-state index is 13.4. The van der Waals surface area contributed by atoms with Crippen molar-refractivity contribution in [3.63, 3.8) is 0 Å². The van der Waals surface area contributed by atoms with Crippen LogP contribution in [0.5, 0.6) is 0 Å². The van der Waals surface area contributed by atoms with Crippen LogP contribution in [-0.4, -0.2) is 29.1 Å². The van der Waals surface area contributed by atoms with Crippen molar-refractivity contribution in [1.29, 1.82) is 0 Å². The molecule has 0 unspecified atom stereocenters. The van der Waals surface area contributed by atoms with Crippen molar-refractivity contribution in [2.75, 3.05) is 19.0 Å². The van der Waals surface area contributed by atoms with Crippen LogP contribution in [0.15, 0.2) is 24.4 Å². The first-order chi connectivity index (χ1) is 8.08. The van der Waals surface area contributed by atoms with E-state index in [0.717, 1.165) is 0 Å². The van der Waals surface area contributed by atoms with Gasteiger partial charge in [-0.3, -0.25) is 0 Å². The van der Waals surface area contributed by atoms with Crippen LogP contribution >= 0.6 is 0 Å². The number of anilines is 1. The van der Waals surface area contributed by atoms with Crippen LogP contribution in [0.2, 0.25) is 0 Å². The summed E-state index contributed by atoms with van der Waals surface area (Å²) in [6, 6.07) is 3.78. The predicted molar refractivity (Wildman–Crippen MR) is 59.8 cm³/mol. The molecule has 0 aliphatic carbocycles. The summed E-state index contributed by atoms with van der Waals surface area (Å²) < 4.78 is 28.2. The van der Waals surface area contributed by atoms with Crippen molar-refractivity contribution in [2.24, 2.45) is 0 Å². The molecule has 0 saturated heterocycles. The minimum Gasteiger partial charge on any atom is -0.360 e. The van der Waals surface area contributed by atoms with Gasteiger partial charge in [-0.05, 0) is 12.1 Å². The van der Waals surface area contributed by atoms with E-state index in [-0.39, 0.29) is 12.1 Å². The fraction of sp³-hybridized carbons (Fsp3) is 0.273. The molecule has 2 rings (SSSR count). The highest BCUT2D eigenvalue weighted by molar-refractivity contribution is 5.31. The fourth-order valence-corrected chi connectivity index (χ4v) is 1.42. The molecule has 0 bridgehead atoms. The van der Waals surface area contributed by atoms with Gasteiger partial charge in [-0.1, -0.05) is 11.3 Å². The SMILES string of the molecule is CN(C)c1cn(Cc2c(F)cccc2F)nn1. The first kappa shape index (κ1) is 11.5. The molecular weight excluding hydrogens is 226 g/mol. The number of hydrogen-bond acceptors (Lipinski definition) is 3. The van der Waals surface area contributed by atoms with Gasteiger partial charge in [0.15, 0.2) is 5.82 Å². The smallest absolute Gasteiger partial charge is 0.170 e. The number of aromatic nitrogens is 3. The molecule has 0 amide bonds. The largest absolute Gasteiger partial charge is 0.360 e. The molecule has 0 aliphatic heterocycles. The Kier molecular flexibility index (Phi) is 3.03. The maximum Gasteiger partial charge on any atom is 0.170 e. The number of rotatable bonds is 3. The lowest BCUT2D eigenvalue weighted by molar-refractivity contribution is 0.528. The zero-order valence-corrected chi connectivity index (χ0v) is 9.56. The van der Waals surface area contributed by atoms with Crippen LogP contribution in [0.1, 0.15) is 5.56 Å². The molecule has 0 spiro atoms. The van der Waals surface area contributed by atoms with Gasteiger partial charge in [0.2, 0.25) is 0 Å². The van der Waals surface area contributed by atoms with Gasteiger partial charge in [0, 0.05) is 19.7 Å². The lowest BCUT2D eigenvalue weighted by Gasteiger charge is -2.06. The molecule has 1 aromatic heterocycles. The van der Waals surface area contributed by atoms with Gasteiger partial charge in [-0.25, -0.2) is 13.5 Å². The number of nitrogens with zero attached hydrogens (tertiary/aromatic N) is 4. The Morgan fingerprint density at radius 3 is 2.41 bits per heavy atom. The van der Waals surface area contributed by atoms with E-state index in [1.165, 1.54) is 22.9 Å². The Bertz CT molecular complexity index is 502. The molecule has 0 fully saturated rings. The van der Waals surface area contributed by atoms with E-state index in [0.29, 0.717) is 5.82 Å². The highest BCUT2D eigenvalue weighted by Crippen LogP contribution is 2.14. The van der Waals surface area contributed by atoms with Crippen LogP contribution in [0.4, 0.5) is 14.6 Å². The Morgan fingerprint density at radius 2 is 1.88 bits per heavy atom. The van der Waals surface area contributed by atoms with Gasteiger partial charge in [-0.15, -0.1) is 5.10 Å². The lowest BCUT2D eigenvalue weighted by Crippen LogP contribution is -2.09. The van der Waals surface area contributed by atoms with Crippen molar-refractivity contribution in [2.45, 2.75) is 6.54 Å². The summed E-state index contributed by atoms with van der Waals surface area (Å²) in [7, 11) is 3.63. The second-order valence-corrected chi connectivity index (χ2v) is 3.87. The van der Waals surface area contributed by atoms with Gasteiger partial charge in [0.25, 0.3) is 0 Å². The predicted octanol–water partition coefficient (Wildman–Crippen LogP) is 1.67. The molecule has 2 aromatic rings. The number of benzene rings is 1. The van der Waals surface area contributed by atoms with E-state index in [2.05, 4.69) is 10.3 Å². The van der Waals surface area contributed by atoms with Crippen LogP contribution in [0.3, 0.4) is 0 Å². The van der Waals surface area contributed by atoms with E-state index in [4.69, 9.17) is 0 Å². The highest BCUT2D eigenvalue weighted by atomic mass is 19.1. The average molecular weight is 238 g/mol. The van der Waals surface area contributed by atoms with Crippen LogP contribution < -0.4 is 4.90 Å². The molecule has 6 heteroatoms. The quantitative estimate of drug-likeness (QED) is 0.815. The molecule has 4 nitrogen and oxygen atoms in total. The summed E-state index contributed by atoms with van der Waals surface area (Å²) in [5.41, 5.74) is -0.0114. The van der Waals surface area contributed by atoms with Crippen LogP contribution in [0.25, 0.3) is 0 Å². The monoisotopic (exact) mass is 238 g/mol. The van der Waals surface area contributed by atoms with Gasteiger partial charge in [0.1, 0.15) is 11.6 Å². The standard InChI is InChI=1S/C11H12F2N4/c1-16(2)11-7-17(15-14-11)6-8-9(12)4-3-5-10(8)13/h3-5,7H,6H2,1-2H3. The molecule has 1 aromatic carbocycles. The summed E-state index contributed by atoms with van der Waals surface area (Å²) in [6.07, 6.45) is 1.63. The highest BCUT2D eigenvalue weighted by Gasteiger charge is 2.10.